The van der Waals surface area contributed by atoms with E-state index < -0.39 is 11.6 Å². The molecule has 1 saturated heterocycles. The molecule has 1 fully saturated rings. The van der Waals surface area contributed by atoms with E-state index in [1.807, 2.05) is 24.3 Å². The number of carbonyl (C=O) groups excluding carboxylic acids is 2. The van der Waals surface area contributed by atoms with Crippen molar-refractivity contribution in [1.29, 1.82) is 5.26 Å². The molecule has 0 aliphatic carbocycles. The third-order valence-corrected chi connectivity index (χ3v) is 9.09. The van der Waals surface area contributed by atoms with Gasteiger partial charge in [-0.1, -0.05) is 24.3 Å². The Kier molecular flexibility index (Phi) is 11.1. The number of carbonyl (C=O) groups is 2. The lowest BCUT2D eigenvalue weighted by atomic mass is 10.0. The predicted octanol–water partition coefficient (Wildman–Crippen LogP) is 2.92. The molecule has 4 heterocycles. The molecule has 1 aliphatic rings. The number of amides is 2. The van der Waals surface area contributed by atoms with E-state index in [1.54, 1.807) is 42.3 Å². The number of hydrogen-bond acceptors (Lipinski definition) is 13. The number of anilines is 4. The Morgan fingerprint density at radius 3 is 2.50 bits per heavy atom. The summed E-state index contributed by atoms with van der Waals surface area (Å²) in [6.45, 7) is 2.92. The molecule has 3 aromatic heterocycles. The third kappa shape index (κ3) is 9.09. The first kappa shape index (κ1) is 37.1. The maximum absolute atomic E-state index is 13.8. The molecule has 6 aromatic rings. The average Bonchev–Trinajstić information content (AvgIpc) is 3.62. The molecule has 3 aromatic carbocycles. The Hall–Kier alpha value is -7.26. The molecule has 0 saturated carbocycles. The molecule has 6 N–H and O–H groups in total. The van der Waals surface area contributed by atoms with Crippen LogP contribution in [0.4, 0.5) is 27.9 Å². The fourth-order valence-electron chi connectivity index (χ4n) is 6.24. The molecule has 18 heteroatoms. The topological polar surface area (TPSA) is 226 Å². The van der Waals surface area contributed by atoms with Gasteiger partial charge in [0.05, 0.1) is 29.2 Å². The zero-order valence-corrected chi connectivity index (χ0v) is 30.2. The number of aromatic amines is 2. The van der Waals surface area contributed by atoms with Crippen molar-refractivity contribution >= 4 is 46.4 Å². The molecule has 0 radical (unpaired) electrons. The van der Waals surface area contributed by atoms with Crippen LogP contribution in [0.5, 0.6) is 0 Å². The number of halogens is 1. The van der Waals surface area contributed by atoms with Gasteiger partial charge >= 0.3 is 0 Å². The number of nitrogens with zero attached hydrogens (tertiary/aromatic N) is 8. The van der Waals surface area contributed by atoms with E-state index in [2.05, 4.69) is 67.1 Å². The Morgan fingerprint density at radius 1 is 0.946 bits per heavy atom. The number of H-pyrrole nitrogens is 2. The zero-order valence-electron chi connectivity index (χ0n) is 30.2. The summed E-state index contributed by atoms with van der Waals surface area (Å²) in [5.74, 6) is -0.0352. The van der Waals surface area contributed by atoms with Crippen molar-refractivity contribution < 1.29 is 14.0 Å². The second-order valence-corrected chi connectivity index (χ2v) is 13.0. The molecular weight excluding hydrogens is 720 g/mol. The molecule has 0 unspecified atom stereocenters. The van der Waals surface area contributed by atoms with Gasteiger partial charge < -0.3 is 36.1 Å². The van der Waals surface area contributed by atoms with Gasteiger partial charge in [-0.05, 0) is 53.6 Å². The Labute approximate surface area is 319 Å². The first-order chi connectivity index (χ1) is 27.2. The fraction of sp³-hybridized carbons (Fsp3) is 0.237. The molecule has 284 valence electrons. The molecule has 2 amide bonds. The molecule has 17 nitrogen and oxygen atoms in total. The number of hydrogen-bond donors (Lipinski definition) is 6. The summed E-state index contributed by atoms with van der Waals surface area (Å²) in [7, 11) is 1.54. The number of benzene rings is 3. The summed E-state index contributed by atoms with van der Waals surface area (Å²) >= 11 is 0. The van der Waals surface area contributed by atoms with Crippen molar-refractivity contribution in [3.63, 3.8) is 0 Å². The van der Waals surface area contributed by atoms with Crippen molar-refractivity contribution in [2.45, 2.75) is 25.6 Å². The summed E-state index contributed by atoms with van der Waals surface area (Å²) in [6.07, 6.45) is 3.07. The monoisotopic (exact) mass is 756 g/mol. The first-order valence-corrected chi connectivity index (χ1v) is 17.8. The fourth-order valence-corrected chi connectivity index (χ4v) is 6.24. The number of nitrogens with one attached hydrogen (secondary N) is 6. The maximum atomic E-state index is 13.8. The smallest absolute Gasteiger partial charge is 0.279 e. The van der Waals surface area contributed by atoms with Crippen LogP contribution >= 0.6 is 0 Å². The third-order valence-electron chi connectivity index (χ3n) is 9.09. The van der Waals surface area contributed by atoms with E-state index in [4.69, 9.17) is 0 Å². The van der Waals surface area contributed by atoms with E-state index in [9.17, 15) is 24.0 Å². The van der Waals surface area contributed by atoms with Crippen molar-refractivity contribution in [3.05, 3.63) is 124 Å². The highest BCUT2D eigenvalue weighted by atomic mass is 19.1. The minimum Gasteiger partial charge on any atom is -0.357 e. The molecule has 0 spiro atoms. The van der Waals surface area contributed by atoms with Gasteiger partial charge in [-0.25, -0.2) is 14.4 Å². The van der Waals surface area contributed by atoms with Crippen molar-refractivity contribution in [2.75, 3.05) is 49.2 Å². The second kappa shape index (κ2) is 16.8. The van der Waals surface area contributed by atoms with Crippen LogP contribution < -0.4 is 26.8 Å². The number of likely N-dealkylation sites (N-methyl/N-ethyl adjacent to an activating group) is 1. The van der Waals surface area contributed by atoms with Gasteiger partial charge in [0.2, 0.25) is 23.8 Å². The lowest BCUT2D eigenvalue weighted by Gasteiger charge is -2.34. The van der Waals surface area contributed by atoms with Gasteiger partial charge in [-0.3, -0.25) is 19.3 Å². The van der Waals surface area contributed by atoms with Gasteiger partial charge in [0, 0.05) is 64.3 Å². The van der Waals surface area contributed by atoms with Crippen LogP contribution in [-0.4, -0.2) is 95.8 Å². The maximum Gasteiger partial charge on any atom is 0.279 e. The van der Waals surface area contributed by atoms with E-state index in [-0.39, 0.29) is 54.1 Å². The molecule has 0 bridgehead atoms. The number of piperazine rings is 1. The Morgan fingerprint density at radius 2 is 1.73 bits per heavy atom. The second-order valence-electron chi connectivity index (χ2n) is 13.0. The summed E-state index contributed by atoms with van der Waals surface area (Å²) in [5, 5.41) is 21.4. The summed E-state index contributed by atoms with van der Waals surface area (Å²) in [4.78, 5) is 69.7. The van der Waals surface area contributed by atoms with Crippen LogP contribution in [0.1, 0.15) is 33.0 Å². The van der Waals surface area contributed by atoms with Gasteiger partial charge in [0.15, 0.2) is 5.69 Å². The van der Waals surface area contributed by atoms with Crippen molar-refractivity contribution in [3.8, 4) is 6.07 Å². The van der Waals surface area contributed by atoms with Gasteiger partial charge in [-0.2, -0.15) is 20.2 Å². The SMILES string of the molecule is CNC(=O)[C@@H](Cc1ccc(C#N)cc1)Nc1nc(NCc2nc3ccc(F)cc3[nH]2)nc(Nc2cccc(CN3CCN(C(=O)c4ncc[nH]c4=O)CC3)c2)n1. The van der Waals surface area contributed by atoms with E-state index >= 15 is 0 Å². The molecule has 1 aliphatic heterocycles. The lowest BCUT2D eigenvalue weighted by molar-refractivity contribution is -0.121. The quantitative estimate of drug-likeness (QED) is 0.0998. The predicted molar refractivity (Wildman–Crippen MR) is 205 cm³/mol. The lowest BCUT2D eigenvalue weighted by Crippen LogP contribution is -2.49. The first-order valence-electron chi connectivity index (χ1n) is 17.8. The van der Waals surface area contributed by atoms with Gasteiger partial charge in [0.25, 0.3) is 11.5 Å². The molecule has 56 heavy (non-hydrogen) atoms. The highest BCUT2D eigenvalue weighted by molar-refractivity contribution is 5.92. The van der Waals surface area contributed by atoms with Crippen LogP contribution in [0, 0.1) is 17.1 Å². The van der Waals surface area contributed by atoms with Crippen LogP contribution in [0.15, 0.2) is 83.9 Å². The van der Waals surface area contributed by atoms with Crippen LogP contribution in [0.3, 0.4) is 0 Å². The van der Waals surface area contributed by atoms with Crippen molar-refractivity contribution in [2.24, 2.45) is 0 Å². The van der Waals surface area contributed by atoms with E-state index in [1.165, 1.54) is 24.5 Å². The Bertz CT molecular complexity index is 2460. The molecular formula is C38H37FN14O3. The number of imidazole rings is 1. The number of rotatable bonds is 13. The highest BCUT2D eigenvalue weighted by Gasteiger charge is 2.25. The largest absolute Gasteiger partial charge is 0.357 e. The van der Waals surface area contributed by atoms with Gasteiger partial charge in [-0.15, -0.1) is 0 Å². The average molecular weight is 757 g/mol. The van der Waals surface area contributed by atoms with E-state index in [0.29, 0.717) is 60.8 Å². The molecule has 1 atom stereocenters. The highest BCUT2D eigenvalue weighted by Crippen LogP contribution is 2.21. The van der Waals surface area contributed by atoms with Crippen LogP contribution in [0.25, 0.3) is 11.0 Å². The van der Waals surface area contributed by atoms with Gasteiger partial charge in [0.1, 0.15) is 17.7 Å². The summed E-state index contributed by atoms with van der Waals surface area (Å²) in [6, 6.07) is 20.4. The minimum atomic E-state index is -0.773. The number of fused-ring (bicyclic) bond motifs is 1. The van der Waals surface area contributed by atoms with Crippen LogP contribution in [-0.2, 0) is 24.3 Å². The van der Waals surface area contributed by atoms with Crippen LogP contribution in [0.2, 0.25) is 0 Å². The van der Waals surface area contributed by atoms with E-state index in [0.717, 1.165) is 11.1 Å². The van der Waals surface area contributed by atoms with Crippen molar-refractivity contribution in [1.82, 2.24) is 50.0 Å². The number of aromatic nitrogens is 7. The zero-order chi connectivity index (χ0) is 39.0. The molecule has 7 rings (SSSR count). The summed E-state index contributed by atoms with van der Waals surface area (Å²) in [5.41, 5.74) is 3.58. The normalized spacial score (nSPS) is 13.5. The minimum absolute atomic E-state index is 0.114. The standard InChI is InChI=1S/C38H37FN14O3/c1-41-33(54)30(18-23-5-7-24(20-40)8-6-23)48-38-50-36(44-21-31-46-28-10-9-26(39)19-29(28)47-31)49-37(51-38)45-27-4-2-3-25(17-27)22-52-13-15-53(16-14-52)35(56)32-34(55)43-12-11-42-32/h2-12,17,19,30H,13-16,18,21-22H2,1H3,(H,41,54)(H,43,55)(H,46,47)(H3,44,45,48,49,50,51)/t30-/m1/s1. The Balaban J connectivity index is 1.07. The summed E-state index contributed by atoms with van der Waals surface area (Å²) < 4.78 is 13.8. The number of nitriles is 1.